The van der Waals surface area contributed by atoms with Gasteiger partial charge in [-0.15, -0.1) is 0 Å². The van der Waals surface area contributed by atoms with E-state index in [9.17, 15) is 28.8 Å². The van der Waals surface area contributed by atoms with Gasteiger partial charge in [-0.3, -0.25) is 14.9 Å². The van der Waals surface area contributed by atoms with Crippen LogP contribution in [0.3, 0.4) is 0 Å². The van der Waals surface area contributed by atoms with Gasteiger partial charge < -0.3 is 10.0 Å². The first-order valence-corrected chi connectivity index (χ1v) is 6.01. The van der Waals surface area contributed by atoms with Crippen molar-refractivity contribution in [1.29, 1.82) is 0 Å². The van der Waals surface area contributed by atoms with E-state index in [0.717, 1.165) is 0 Å². The van der Waals surface area contributed by atoms with Crippen LogP contribution in [0.4, 0.5) is 14.5 Å². The first-order valence-electron chi connectivity index (χ1n) is 6.01. The first kappa shape index (κ1) is 14.3. The van der Waals surface area contributed by atoms with Gasteiger partial charge >= 0.3 is 0 Å². The van der Waals surface area contributed by atoms with Crippen LogP contribution in [-0.4, -0.2) is 40.0 Å². The molecule has 20 heavy (non-hydrogen) atoms. The van der Waals surface area contributed by atoms with Crippen LogP contribution in [-0.2, 0) is 0 Å². The van der Waals surface area contributed by atoms with Crippen LogP contribution in [0.15, 0.2) is 12.1 Å². The number of hydrogen-bond donors (Lipinski definition) is 1. The SMILES string of the molecule is O=C(c1cc(F)c(F)cc1[N+](=O)[O-])N1CCC(O)CC1. The molecule has 0 spiro atoms. The molecule has 0 radical (unpaired) electrons. The number of amides is 1. The molecule has 0 unspecified atom stereocenters. The molecule has 1 aromatic rings. The van der Waals surface area contributed by atoms with Crippen LogP contribution >= 0.6 is 0 Å². The first-order chi connectivity index (χ1) is 9.40. The fourth-order valence-corrected chi connectivity index (χ4v) is 2.10. The maximum absolute atomic E-state index is 13.2. The van der Waals surface area contributed by atoms with Gasteiger partial charge in [-0.25, -0.2) is 8.78 Å². The predicted octanol–water partition coefficient (Wildman–Crippen LogP) is 1.47. The van der Waals surface area contributed by atoms with Crippen molar-refractivity contribution in [2.24, 2.45) is 0 Å². The number of halogens is 2. The Labute approximate surface area is 112 Å². The van der Waals surface area contributed by atoms with Crippen LogP contribution in [0.5, 0.6) is 0 Å². The summed E-state index contributed by atoms with van der Waals surface area (Å²) < 4.78 is 26.2. The highest BCUT2D eigenvalue weighted by Gasteiger charge is 2.29. The van der Waals surface area contributed by atoms with Gasteiger partial charge in [0, 0.05) is 13.1 Å². The third-order valence-corrected chi connectivity index (χ3v) is 3.22. The molecule has 0 aliphatic carbocycles. The van der Waals surface area contributed by atoms with E-state index in [-0.39, 0.29) is 13.1 Å². The molecule has 1 aromatic carbocycles. The number of aliphatic hydroxyl groups excluding tert-OH is 1. The lowest BCUT2D eigenvalue weighted by Crippen LogP contribution is -2.40. The molecule has 1 N–H and O–H groups in total. The van der Waals surface area contributed by atoms with Gasteiger partial charge in [0.25, 0.3) is 11.6 Å². The lowest BCUT2D eigenvalue weighted by atomic mass is 10.1. The highest BCUT2D eigenvalue weighted by Crippen LogP contribution is 2.25. The molecule has 0 aromatic heterocycles. The smallest absolute Gasteiger partial charge is 0.285 e. The molecule has 1 saturated heterocycles. The number of rotatable bonds is 2. The second-order valence-electron chi connectivity index (χ2n) is 4.56. The standard InChI is InChI=1S/C12H12F2N2O4/c13-9-5-8(11(16(19)20)6-10(9)14)12(18)15-3-1-7(17)2-4-15/h5-7,17H,1-4H2. The third kappa shape index (κ3) is 2.74. The number of carbonyl (C=O) groups excluding carboxylic acids is 1. The van der Waals surface area contributed by atoms with Gasteiger partial charge in [-0.2, -0.15) is 0 Å². The van der Waals surface area contributed by atoms with E-state index in [4.69, 9.17) is 0 Å². The number of aliphatic hydroxyl groups is 1. The molecule has 1 aliphatic heterocycles. The zero-order chi connectivity index (χ0) is 14.9. The summed E-state index contributed by atoms with van der Waals surface area (Å²) in [5.74, 6) is -3.42. The van der Waals surface area contributed by atoms with E-state index in [0.29, 0.717) is 25.0 Å². The molecule has 2 rings (SSSR count). The Morgan fingerprint density at radius 2 is 1.85 bits per heavy atom. The maximum Gasteiger partial charge on any atom is 0.285 e. The third-order valence-electron chi connectivity index (χ3n) is 3.22. The summed E-state index contributed by atoms with van der Waals surface area (Å²) >= 11 is 0. The minimum atomic E-state index is -1.37. The molecule has 1 heterocycles. The Kier molecular flexibility index (Phi) is 3.93. The normalized spacial score (nSPS) is 16.2. The number of nitrogens with zero attached hydrogens (tertiary/aromatic N) is 2. The molecular formula is C12H12F2N2O4. The van der Waals surface area contributed by atoms with Crippen LogP contribution in [0, 0.1) is 21.7 Å². The van der Waals surface area contributed by atoms with Crippen molar-refractivity contribution in [3.8, 4) is 0 Å². The number of hydrogen-bond acceptors (Lipinski definition) is 4. The van der Waals surface area contributed by atoms with Crippen molar-refractivity contribution in [2.45, 2.75) is 18.9 Å². The second-order valence-corrected chi connectivity index (χ2v) is 4.56. The highest BCUT2D eigenvalue weighted by molar-refractivity contribution is 5.98. The average Bonchev–Trinajstić information content (AvgIpc) is 2.41. The Morgan fingerprint density at radius 3 is 2.40 bits per heavy atom. The van der Waals surface area contributed by atoms with E-state index >= 15 is 0 Å². The van der Waals surface area contributed by atoms with Crippen LogP contribution in [0.25, 0.3) is 0 Å². The molecule has 0 saturated carbocycles. The topological polar surface area (TPSA) is 83.7 Å². The molecule has 1 amide bonds. The summed E-state index contributed by atoms with van der Waals surface area (Å²) in [5, 5.41) is 20.2. The summed E-state index contributed by atoms with van der Waals surface area (Å²) in [6.45, 7) is 0.437. The number of piperidine rings is 1. The second kappa shape index (κ2) is 5.49. The van der Waals surface area contributed by atoms with Gasteiger partial charge in [-0.1, -0.05) is 0 Å². The fourth-order valence-electron chi connectivity index (χ4n) is 2.10. The van der Waals surface area contributed by atoms with Crippen LogP contribution < -0.4 is 0 Å². The summed E-state index contributed by atoms with van der Waals surface area (Å²) in [4.78, 5) is 23.3. The van der Waals surface area contributed by atoms with Crippen LogP contribution in [0.2, 0.25) is 0 Å². The number of carbonyl (C=O) groups is 1. The van der Waals surface area contributed by atoms with Gasteiger partial charge in [0.1, 0.15) is 5.56 Å². The lowest BCUT2D eigenvalue weighted by Gasteiger charge is -2.29. The zero-order valence-corrected chi connectivity index (χ0v) is 10.4. The zero-order valence-electron chi connectivity index (χ0n) is 10.4. The molecular weight excluding hydrogens is 274 g/mol. The van der Waals surface area contributed by atoms with Crippen molar-refractivity contribution in [3.63, 3.8) is 0 Å². The minimum absolute atomic E-state index is 0.218. The van der Waals surface area contributed by atoms with Crippen molar-refractivity contribution < 1.29 is 23.6 Å². The Balaban J connectivity index is 2.34. The van der Waals surface area contributed by atoms with Crippen molar-refractivity contribution in [2.75, 3.05) is 13.1 Å². The van der Waals surface area contributed by atoms with Gasteiger partial charge in [0.15, 0.2) is 11.6 Å². The average molecular weight is 286 g/mol. The molecule has 1 aliphatic rings. The van der Waals surface area contributed by atoms with E-state index < -0.39 is 39.8 Å². The molecule has 1 fully saturated rings. The monoisotopic (exact) mass is 286 g/mol. The quantitative estimate of drug-likeness (QED) is 0.659. The molecule has 0 atom stereocenters. The molecule has 6 nitrogen and oxygen atoms in total. The van der Waals surface area contributed by atoms with Gasteiger partial charge in [-0.05, 0) is 18.9 Å². The van der Waals surface area contributed by atoms with Gasteiger partial charge in [0.2, 0.25) is 0 Å². The Bertz CT molecular complexity index is 557. The maximum atomic E-state index is 13.2. The minimum Gasteiger partial charge on any atom is -0.393 e. The van der Waals surface area contributed by atoms with Crippen molar-refractivity contribution in [3.05, 3.63) is 39.4 Å². The largest absolute Gasteiger partial charge is 0.393 e. The predicted molar refractivity (Wildman–Crippen MR) is 64.2 cm³/mol. The van der Waals surface area contributed by atoms with E-state index in [1.807, 2.05) is 0 Å². The highest BCUT2D eigenvalue weighted by atomic mass is 19.2. The van der Waals surface area contributed by atoms with E-state index in [1.165, 1.54) is 4.90 Å². The summed E-state index contributed by atoms with van der Waals surface area (Å²) in [5.41, 5.74) is -1.25. The van der Waals surface area contributed by atoms with E-state index in [2.05, 4.69) is 0 Å². The van der Waals surface area contributed by atoms with Gasteiger partial charge in [0.05, 0.1) is 17.1 Å². The molecule has 8 heteroatoms. The fraction of sp³-hybridized carbons (Fsp3) is 0.417. The number of likely N-dealkylation sites (tertiary alicyclic amines) is 1. The Morgan fingerprint density at radius 1 is 1.30 bits per heavy atom. The van der Waals surface area contributed by atoms with Crippen molar-refractivity contribution in [1.82, 2.24) is 4.90 Å². The number of benzene rings is 1. The number of nitro benzene ring substituents is 1. The summed E-state index contributed by atoms with van der Waals surface area (Å²) in [7, 11) is 0. The number of nitro groups is 1. The molecule has 108 valence electrons. The Hall–Kier alpha value is -2.09. The van der Waals surface area contributed by atoms with E-state index in [1.54, 1.807) is 0 Å². The van der Waals surface area contributed by atoms with Crippen molar-refractivity contribution >= 4 is 11.6 Å². The lowest BCUT2D eigenvalue weighted by molar-refractivity contribution is -0.385. The summed E-state index contributed by atoms with van der Waals surface area (Å²) in [6.07, 6.45) is 0.186. The molecule has 0 bridgehead atoms. The van der Waals surface area contributed by atoms with Crippen LogP contribution in [0.1, 0.15) is 23.2 Å². The summed E-state index contributed by atoms with van der Waals surface area (Å²) in [6, 6.07) is 0.947.